The smallest absolute Gasteiger partial charge is 0.303 e. The number of nitrogens with one attached hydrogen (secondary N) is 20. The summed E-state index contributed by atoms with van der Waals surface area (Å²) in [6.45, 7) is 7.55. The average Bonchev–Trinajstić information content (AvgIpc) is 1.41. The number of hydrogen-bond donors (Lipinski definition) is 26. The van der Waals surface area contributed by atoms with E-state index in [1.807, 2.05) is 0 Å². The Morgan fingerprint density at radius 2 is 0.788 bits per heavy atom. The van der Waals surface area contributed by atoms with Gasteiger partial charge in [-0.1, -0.05) is 84.4 Å². The molecule has 3 aromatic heterocycles. The molecule has 0 radical (unpaired) electrons. The summed E-state index contributed by atoms with van der Waals surface area (Å²) >= 11 is 0.731. The monoisotopic (exact) mass is 1860 g/mol. The number of nitrogens with zero attached hydrogens (tertiary/aromatic N) is 3. The van der Waals surface area contributed by atoms with E-state index in [4.69, 9.17) is 16.9 Å². The SMILES string of the molecule is CC[C@H](C)[C@@H]1NC(=O)[C@H](CCCNC(=N)N)NC(=O)[C@H](Cc2c[nH]cn2)NC(=O)[C@H](Cc2ccc(O)cc2)NC(=O)[C@H](Cc2c[nH]cn2)NC(=O)[C@H](Cc2c[nH]cn2)NC(=O)[C@H](Cc2ccc(O)cc2)NC(=O)CSC[C@@H](C(=O)NCC(N)=O)NC(=O)CNC(=O)[C@H](CC(C)C)NC(=O)[C@H](CCC(=O)O)NC(=O)CNC(=O)[C@H](Cc2ccc(O)cc2)NC(=O)[C@H](CC(C)C)NC1=O. The number of phenols is 3. The number of carbonyl (C=O) groups excluding carboxylic acids is 16. The van der Waals surface area contributed by atoms with Crippen LogP contribution in [0.1, 0.15) is 120 Å². The number of H-pyrrole nitrogens is 3. The van der Waals surface area contributed by atoms with Crippen LogP contribution in [0.4, 0.5) is 0 Å². The summed E-state index contributed by atoms with van der Waals surface area (Å²) in [6, 6.07) is -2.81. The number of phenolic OH excluding ortho intramolecular Hbond substituents is 3. The number of benzene rings is 3. The summed E-state index contributed by atoms with van der Waals surface area (Å²) in [5.41, 5.74) is 12.6. The minimum absolute atomic E-state index is 0.0176. The molecule has 28 N–H and O–H groups in total. The molecule has 7 rings (SSSR count). The summed E-state index contributed by atoms with van der Waals surface area (Å²) in [7, 11) is 0. The van der Waals surface area contributed by atoms with E-state index < -0.39 is 242 Å². The third-order valence-corrected chi connectivity index (χ3v) is 21.7. The molecule has 47 heteroatoms. The molecule has 132 heavy (non-hydrogen) atoms. The number of rotatable bonds is 28. The van der Waals surface area contributed by atoms with Crippen molar-refractivity contribution in [3.05, 3.63) is 144 Å². The van der Waals surface area contributed by atoms with Crippen molar-refractivity contribution < 1.29 is 102 Å². The number of imidazole rings is 3. The number of aromatic nitrogens is 6. The molecule has 46 nitrogen and oxygen atoms in total. The van der Waals surface area contributed by atoms with Crippen LogP contribution >= 0.6 is 11.8 Å². The van der Waals surface area contributed by atoms with E-state index in [2.05, 4.69) is 115 Å². The number of guanidine groups is 1. The first-order chi connectivity index (χ1) is 62.8. The number of amides is 16. The molecule has 1 fully saturated rings. The lowest BCUT2D eigenvalue weighted by Crippen LogP contribution is -2.62. The summed E-state index contributed by atoms with van der Waals surface area (Å²) in [5, 5.41) is 89.6. The molecule has 1 aliphatic heterocycles. The zero-order chi connectivity index (χ0) is 96.7. The van der Waals surface area contributed by atoms with Gasteiger partial charge in [0.2, 0.25) is 94.5 Å². The molecule has 1 aliphatic rings. The zero-order valence-corrected chi connectivity index (χ0v) is 74.4. The normalized spacial score (nSPS) is 22.3. The molecule has 0 spiro atoms. The number of nitrogens with two attached hydrogens (primary N) is 2. The Kier molecular flexibility index (Phi) is 41.7. The summed E-state index contributed by atoms with van der Waals surface area (Å²) in [5.74, 6) is -20.9. The first-order valence-electron chi connectivity index (χ1n) is 42.7. The van der Waals surface area contributed by atoms with Crippen molar-refractivity contribution in [1.82, 2.24) is 115 Å². The van der Waals surface area contributed by atoms with E-state index in [1.165, 1.54) is 110 Å². The molecule has 4 heterocycles. The van der Waals surface area contributed by atoms with Crippen molar-refractivity contribution in [3.63, 3.8) is 0 Å². The second kappa shape index (κ2) is 52.7. The molecule has 16 amide bonds. The number of carboxylic acid groups (broad SMARTS) is 1. The van der Waals surface area contributed by atoms with Gasteiger partial charge in [0.1, 0.15) is 89.8 Å². The largest absolute Gasteiger partial charge is 0.508 e. The van der Waals surface area contributed by atoms with Gasteiger partial charge in [-0.3, -0.25) is 86.9 Å². The average molecular weight is 1860 g/mol. The first kappa shape index (κ1) is 104. The molecule has 1 saturated heterocycles. The van der Waals surface area contributed by atoms with Crippen molar-refractivity contribution in [2.75, 3.05) is 37.7 Å². The molecule has 0 bridgehead atoms. The van der Waals surface area contributed by atoms with Crippen molar-refractivity contribution in [2.24, 2.45) is 29.2 Å². The van der Waals surface area contributed by atoms with Gasteiger partial charge < -0.3 is 132 Å². The van der Waals surface area contributed by atoms with E-state index in [-0.39, 0.29) is 110 Å². The third kappa shape index (κ3) is 36.4. The van der Waals surface area contributed by atoms with Crippen LogP contribution in [0.25, 0.3) is 0 Å². The van der Waals surface area contributed by atoms with Crippen LogP contribution in [0, 0.1) is 23.2 Å². The molecule has 6 aromatic rings. The van der Waals surface area contributed by atoms with Crippen molar-refractivity contribution in [1.29, 1.82) is 5.41 Å². The number of carbonyl (C=O) groups is 17. The fraction of sp³-hybridized carbons (Fsp3) is 0.471. The molecule has 3 aromatic carbocycles. The Balaban J connectivity index is 1.30. The number of aliphatic carboxylic acids is 1. The highest BCUT2D eigenvalue weighted by molar-refractivity contribution is 8.00. The van der Waals surface area contributed by atoms with E-state index in [9.17, 15) is 73.2 Å². The lowest BCUT2D eigenvalue weighted by molar-refractivity contribution is -0.138. The molecular weight excluding hydrogens is 1740 g/mol. The van der Waals surface area contributed by atoms with Gasteiger partial charge in [0.05, 0.1) is 61.5 Å². The lowest BCUT2D eigenvalue weighted by Gasteiger charge is -2.30. The van der Waals surface area contributed by atoms with Crippen molar-refractivity contribution in [2.45, 2.75) is 198 Å². The van der Waals surface area contributed by atoms with E-state index >= 15 is 28.8 Å². The maximum absolute atomic E-state index is 15.4. The molecule has 0 aliphatic carbocycles. The van der Waals surface area contributed by atoms with E-state index in [0.29, 0.717) is 16.7 Å². The van der Waals surface area contributed by atoms with Gasteiger partial charge in [-0.2, -0.15) is 0 Å². The Labute approximate surface area is 762 Å². The van der Waals surface area contributed by atoms with Crippen LogP contribution in [0.2, 0.25) is 0 Å². The summed E-state index contributed by atoms with van der Waals surface area (Å²) in [6.07, 6.45) is 4.35. The number of thioether (sulfide) groups is 1. The predicted molar refractivity (Wildman–Crippen MR) is 475 cm³/mol. The van der Waals surface area contributed by atoms with Crippen LogP contribution < -0.4 is 96.5 Å². The highest BCUT2D eigenvalue weighted by Gasteiger charge is 2.39. The third-order valence-electron chi connectivity index (χ3n) is 20.7. The van der Waals surface area contributed by atoms with Crippen molar-refractivity contribution in [3.8, 4) is 17.2 Å². The summed E-state index contributed by atoms with van der Waals surface area (Å²) < 4.78 is 0. The second-order valence-corrected chi connectivity index (χ2v) is 33.5. The minimum atomic E-state index is -1.72. The topological polar surface area (TPSA) is 726 Å². The Hall–Kier alpha value is -14.7. The van der Waals surface area contributed by atoms with E-state index in [1.54, 1.807) is 41.5 Å². The number of aromatic hydroxyl groups is 3. The predicted octanol–water partition coefficient (Wildman–Crippen LogP) is -4.61. The van der Waals surface area contributed by atoms with Gasteiger partial charge in [-0.25, -0.2) is 15.0 Å². The van der Waals surface area contributed by atoms with Crippen LogP contribution in [-0.4, -0.2) is 267 Å². The van der Waals surface area contributed by atoms with Gasteiger partial charge in [0, 0.05) is 75.8 Å². The molecule has 0 unspecified atom stereocenters. The molecular formula is C85H117N25O21S. The van der Waals surface area contributed by atoms with Crippen LogP contribution in [0.3, 0.4) is 0 Å². The quantitative estimate of drug-likeness (QED) is 0.0125. The first-order valence-corrected chi connectivity index (χ1v) is 43.8. The maximum atomic E-state index is 15.4. The number of carboxylic acids is 1. The Bertz CT molecular complexity index is 4910. The number of hydrogen-bond acceptors (Lipinski definition) is 25. The van der Waals surface area contributed by atoms with Gasteiger partial charge >= 0.3 is 5.97 Å². The zero-order valence-electron chi connectivity index (χ0n) is 73.6. The second-order valence-electron chi connectivity index (χ2n) is 32.4. The highest BCUT2D eigenvalue weighted by Crippen LogP contribution is 2.20. The highest BCUT2D eigenvalue weighted by atomic mass is 32.2. The van der Waals surface area contributed by atoms with Crippen LogP contribution in [-0.2, 0) is 120 Å². The molecule has 714 valence electrons. The van der Waals surface area contributed by atoms with Gasteiger partial charge in [0.25, 0.3) is 0 Å². The van der Waals surface area contributed by atoms with Gasteiger partial charge in [-0.15, -0.1) is 11.8 Å². The Morgan fingerprint density at radius 1 is 0.439 bits per heavy atom. The van der Waals surface area contributed by atoms with E-state index in [0.717, 1.165) is 11.8 Å². The standard InChI is InChI=1S/C85H117N25O21S/c1-7-46(6)72-84(131)109-59(26-45(4)5)78(125)104-60(27-47-10-16-53(111)17-11-47)74(121)95-37-68(115)99-57(22-23-71(118)119)76(123)103-58(25-44(2)3)73(120)94-38-69(116)101-66(75(122)93-36-67(86)114)39-132-40-70(117)100-61(28-48-12-18-54(112)19-13-48)79(126)106-65(32-52-35-91-43-98-52)83(130)108-64(31-51-34-90-42-97-51)82(129)105-62(29-49-14-20-55(113)21-15-49)80(127)107-63(30-50-33-89-41-96-50)81(128)102-56(77(124)110-72)9-8-24-92-85(87)88/h10-21,33-35,41-46,56-66,72,111-113H,7-9,22-32,36-40H2,1-6H3,(H2,86,114)(H,89,96)(H,90,97)(H,91,98)(H,93,122)(H,94,120)(H,95,121)(H,99,115)(H,100,117)(H,101,116)(H,102,128)(H,103,123)(H,104,125)(H,105,129)(H,106,126)(H,107,127)(H,108,130)(H,109,131)(H,110,124)(H,118,119)(H4,87,88,92)/t46-,56-,57-,58-,59-,60-,61-,62-,63-,64-,65-,66-,72-/m0/s1. The minimum Gasteiger partial charge on any atom is -0.508 e. The number of aromatic amines is 3. The fourth-order valence-electron chi connectivity index (χ4n) is 13.6. The van der Waals surface area contributed by atoms with Crippen LogP contribution in [0.15, 0.2) is 110 Å². The van der Waals surface area contributed by atoms with Crippen LogP contribution in [0.5, 0.6) is 17.2 Å². The number of primary amides is 1. The van der Waals surface area contributed by atoms with Gasteiger partial charge in [-0.05, 0) is 103 Å². The fourth-order valence-corrected chi connectivity index (χ4v) is 14.5. The van der Waals surface area contributed by atoms with Gasteiger partial charge in [0.15, 0.2) is 5.96 Å². The molecule has 13 atom stereocenters. The lowest BCUT2D eigenvalue weighted by atomic mass is 9.96. The summed E-state index contributed by atoms with van der Waals surface area (Å²) in [4.78, 5) is 265. The maximum Gasteiger partial charge on any atom is 0.303 e. The molecule has 0 saturated carbocycles. The van der Waals surface area contributed by atoms with Crippen molar-refractivity contribution >= 4 is 118 Å². The Morgan fingerprint density at radius 3 is 1.19 bits per heavy atom.